The summed E-state index contributed by atoms with van der Waals surface area (Å²) in [5.41, 5.74) is 1.57. The number of carbonyl (C=O) groups excluding carboxylic acids is 1. The van der Waals surface area contributed by atoms with E-state index in [0.29, 0.717) is 24.5 Å². The first kappa shape index (κ1) is 16.7. The summed E-state index contributed by atoms with van der Waals surface area (Å²) in [7, 11) is 1.66. The molecule has 0 aliphatic carbocycles. The number of aromatic amines is 1. The van der Waals surface area contributed by atoms with E-state index >= 15 is 0 Å². The number of rotatable bonds is 6. The third-order valence-electron chi connectivity index (χ3n) is 4.53. The van der Waals surface area contributed by atoms with Gasteiger partial charge in [0, 0.05) is 37.4 Å². The van der Waals surface area contributed by atoms with Gasteiger partial charge in [-0.15, -0.1) is 5.10 Å². The lowest BCUT2D eigenvalue weighted by Crippen LogP contribution is -2.13. The summed E-state index contributed by atoms with van der Waals surface area (Å²) in [6.07, 6.45) is 3.69. The molecule has 1 aromatic carbocycles. The van der Waals surface area contributed by atoms with Crippen molar-refractivity contribution in [2.24, 2.45) is 0 Å². The largest absolute Gasteiger partial charge is 0.383 e. The average Bonchev–Trinajstić information content (AvgIpc) is 3.39. The first-order valence-electron chi connectivity index (χ1n) is 8.68. The summed E-state index contributed by atoms with van der Waals surface area (Å²) in [5.74, 6) is 0.671. The van der Waals surface area contributed by atoms with Gasteiger partial charge >= 0.3 is 0 Å². The van der Waals surface area contributed by atoms with E-state index in [0.717, 1.165) is 30.4 Å². The van der Waals surface area contributed by atoms with Crippen LogP contribution >= 0.6 is 0 Å². The molecule has 8 heteroatoms. The highest BCUT2D eigenvalue weighted by atomic mass is 16.5. The van der Waals surface area contributed by atoms with Crippen LogP contribution in [0.25, 0.3) is 10.9 Å². The first-order valence-corrected chi connectivity index (χ1v) is 8.68. The minimum atomic E-state index is -0.241. The van der Waals surface area contributed by atoms with E-state index in [1.807, 2.05) is 35.0 Å². The smallest absolute Gasteiger partial charge is 0.260 e. The maximum absolute atomic E-state index is 12.8. The monoisotopic (exact) mass is 355 g/mol. The minimum Gasteiger partial charge on any atom is -0.383 e. The van der Waals surface area contributed by atoms with Crippen molar-refractivity contribution in [2.45, 2.75) is 25.5 Å². The van der Waals surface area contributed by atoms with Gasteiger partial charge in [-0.1, -0.05) is 18.2 Å². The summed E-state index contributed by atoms with van der Waals surface area (Å²) in [4.78, 5) is 17.1. The van der Waals surface area contributed by atoms with Gasteiger partial charge in [0.15, 0.2) is 5.82 Å². The van der Waals surface area contributed by atoms with Gasteiger partial charge in [0.1, 0.15) is 6.10 Å². The first-order chi connectivity index (χ1) is 12.8. The van der Waals surface area contributed by atoms with Crippen LogP contribution in [0.4, 0.5) is 5.95 Å². The van der Waals surface area contributed by atoms with Crippen LogP contribution in [-0.4, -0.2) is 46.0 Å². The van der Waals surface area contributed by atoms with Crippen LogP contribution in [0.5, 0.6) is 0 Å². The lowest BCUT2D eigenvalue weighted by molar-refractivity contribution is 0.102. The number of methoxy groups -OCH3 is 1. The van der Waals surface area contributed by atoms with Gasteiger partial charge in [-0.3, -0.25) is 15.2 Å². The van der Waals surface area contributed by atoms with Crippen molar-refractivity contribution in [1.82, 2.24) is 19.7 Å². The van der Waals surface area contributed by atoms with Gasteiger partial charge in [-0.25, -0.2) is 0 Å². The summed E-state index contributed by atoms with van der Waals surface area (Å²) < 4.78 is 12.8. The SMILES string of the molecule is COCCn1cc(C(=O)Nc2n[nH]c([C@@H]3CCCO3)n2)c2ccccc21. The number of para-hydroxylation sites is 1. The molecule has 0 unspecified atom stereocenters. The number of fused-ring (bicyclic) bond motifs is 1. The molecule has 3 aromatic rings. The molecule has 26 heavy (non-hydrogen) atoms. The Balaban J connectivity index is 1.56. The molecule has 0 saturated carbocycles. The number of ether oxygens (including phenoxy) is 2. The Hall–Kier alpha value is -2.71. The number of nitrogens with zero attached hydrogens (tertiary/aromatic N) is 3. The van der Waals surface area contributed by atoms with Crippen LogP contribution in [0.3, 0.4) is 0 Å². The molecule has 0 radical (unpaired) electrons. The fourth-order valence-electron chi connectivity index (χ4n) is 3.24. The summed E-state index contributed by atoms with van der Waals surface area (Å²) in [6, 6.07) is 7.80. The maximum atomic E-state index is 12.8. The lowest BCUT2D eigenvalue weighted by Gasteiger charge is -2.03. The third-order valence-corrected chi connectivity index (χ3v) is 4.53. The van der Waals surface area contributed by atoms with Gasteiger partial charge in [-0.2, -0.15) is 4.98 Å². The quantitative estimate of drug-likeness (QED) is 0.708. The predicted octanol–water partition coefficient (Wildman–Crippen LogP) is 2.51. The number of benzene rings is 1. The Morgan fingerprint density at radius 1 is 1.46 bits per heavy atom. The Bertz CT molecular complexity index is 911. The Kier molecular flexibility index (Phi) is 4.68. The summed E-state index contributed by atoms with van der Waals surface area (Å²) >= 11 is 0. The van der Waals surface area contributed by atoms with Crippen molar-refractivity contribution in [2.75, 3.05) is 25.6 Å². The molecule has 4 rings (SSSR count). The number of nitrogens with one attached hydrogen (secondary N) is 2. The van der Waals surface area contributed by atoms with Crippen molar-refractivity contribution < 1.29 is 14.3 Å². The third kappa shape index (κ3) is 3.21. The van der Waals surface area contributed by atoms with Gasteiger partial charge in [0.2, 0.25) is 5.95 Å². The number of carbonyl (C=O) groups is 1. The van der Waals surface area contributed by atoms with E-state index in [9.17, 15) is 4.79 Å². The van der Waals surface area contributed by atoms with Crippen molar-refractivity contribution in [3.8, 4) is 0 Å². The van der Waals surface area contributed by atoms with E-state index in [-0.39, 0.29) is 18.0 Å². The standard InChI is InChI=1S/C18H21N5O3/c1-25-10-8-23-11-13(12-5-2-3-6-14(12)23)17(24)20-18-19-16(21-22-18)15-7-4-9-26-15/h2-3,5-6,11,15H,4,7-10H2,1H3,(H2,19,20,21,22,24)/t15-/m0/s1. The number of amides is 1. The number of hydrogen-bond acceptors (Lipinski definition) is 5. The lowest BCUT2D eigenvalue weighted by atomic mass is 10.1. The minimum absolute atomic E-state index is 0.0656. The Labute approximate surface area is 150 Å². The van der Waals surface area contributed by atoms with Crippen molar-refractivity contribution in [1.29, 1.82) is 0 Å². The molecule has 1 fully saturated rings. The van der Waals surface area contributed by atoms with E-state index < -0.39 is 0 Å². The number of aromatic nitrogens is 4. The molecule has 1 saturated heterocycles. The van der Waals surface area contributed by atoms with Crippen LogP contribution in [0.1, 0.15) is 35.1 Å². The Morgan fingerprint density at radius 2 is 2.35 bits per heavy atom. The molecule has 2 N–H and O–H groups in total. The van der Waals surface area contributed by atoms with Crippen LogP contribution in [0.2, 0.25) is 0 Å². The highest BCUT2D eigenvalue weighted by Gasteiger charge is 2.22. The highest BCUT2D eigenvalue weighted by Crippen LogP contribution is 2.26. The molecule has 2 aromatic heterocycles. The Morgan fingerprint density at radius 3 is 3.15 bits per heavy atom. The molecule has 1 amide bonds. The van der Waals surface area contributed by atoms with Crippen LogP contribution < -0.4 is 5.32 Å². The van der Waals surface area contributed by atoms with Crippen molar-refractivity contribution in [3.05, 3.63) is 41.9 Å². The second kappa shape index (κ2) is 7.27. The van der Waals surface area contributed by atoms with Crippen molar-refractivity contribution in [3.63, 3.8) is 0 Å². The molecule has 1 aliphatic heterocycles. The maximum Gasteiger partial charge on any atom is 0.260 e. The van der Waals surface area contributed by atoms with Crippen LogP contribution in [0.15, 0.2) is 30.5 Å². The number of H-pyrrole nitrogens is 1. The number of anilines is 1. The van der Waals surface area contributed by atoms with Gasteiger partial charge in [0.05, 0.1) is 12.2 Å². The second-order valence-electron chi connectivity index (χ2n) is 6.25. The molecule has 8 nitrogen and oxygen atoms in total. The average molecular weight is 355 g/mol. The summed E-state index contributed by atoms with van der Waals surface area (Å²) in [6.45, 7) is 1.98. The normalized spacial score (nSPS) is 17.0. The zero-order chi connectivity index (χ0) is 17.9. The molecule has 3 heterocycles. The van der Waals surface area contributed by atoms with Gasteiger partial charge < -0.3 is 14.0 Å². The van der Waals surface area contributed by atoms with Gasteiger partial charge in [-0.05, 0) is 18.9 Å². The van der Waals surface area contributed by atoms with Crippen LogP contribution in [-0.2, 0) is 16.0 Å². The second-order valence-corrected chi connectivity index (χ2v) is 6.25. The van der Waals surface area contributed by atoms with E-state index in [2.05, 4.69) is 20.5 Å². The predicted molar refractivity (Wildman–Crippen MR) is 96.1 cm³/mol. The van der Waals surface area contributed by atoms with E-state index in [1.54, 1.807) is 7.11 Å². The highest BCUT2D eigenvalue weighted by molar-refractivity contribution is 6.12. The van der Waals surface area contributed by atoms with E-state index in [4.69, 9.17) is 9.47 Å². The molecular formula is C18H21N5O3. The fraction of sp³-hybridized carbons (Fsp3) is 0.389. The topological polar surface area (TPSA) is 94.1 Å². The summed E-state index contributed by atoms with van der Waals surface area (Å²) in [5, 5.41) is 10.6. The molecule has 0 bridgehead atoms. The molecule has 1 atom stereocenters. The zero-order valence-corrected chi connectivity index (χ0v) is 14.6. The van der Waals surface area contributed by atoms with E-state index in [1.165, 1.54) is 0 Å². The molecular weight excluding hydrogens is 334 g/mol. The fourth-order valence-corrected chi connectivity index (χ4v) is 3.24. The van der Waals surface area contributed by atoms with Crippen molar-refractivity contribution >= 4 is 22.8 Å². The number of hydrogen-bond donors (Lipinski definition) is 2. The van der Waals surface area contributed by atoms with Crippen LogP contribution in [0, 0.1) is 0 Å². The molecule has 1 aliphatic rings. The molecule has 136 valence electrons. The zero-order valence-electron chi connectivity index (χ0n) is 14.6. The van der Waals surface area contributed by atoms with Gasteiger partial charge in [0.25, 0.3) is 5.91 Å². The molecule has 0 spiro atoms.